The summed E-state index contributed by atoms with van der Waals surface area (Å²) < 4.78 is 25.8. The van der Waals surface area contributed by atoms with Crippen molar-refractivity contribution >= 4 is 35.7 Å². The average Bonchev–Trinajstić information content (AvgIpc) is 3.44. The summed E-state index contributed by atoms with van der Waals surface area (Å²) in [6.07, 6.45) is 14.8. The first-order valence-electron chi connectivity index (χ1n) is 31.8. The molecule has 0 radical (unpaired) electrons. The van der Waals surface area contributed by atoms with E-state index in [0.717, 1.165) is 77.0 Å². The normalized spacial score (nSPS) is 44.1. The van der Waals surface area contributed by atoms with Crippen molar-refractivity contribution in [3.63, 3.8) is 0 Å². The number of nitrogens with one attached hydrogen (secondary N) is 2. The van der Waals surface area contributed by atoms with Crippen molar-refractivity contribution < 1.29 is 67.3 Å². The zero-order chi connectivity index (χ0) is 57.7. The number of rotatable bonds is 18. The largest absolute Gasteiger partial charge is 0.462 e. The van der Waals surface area contributed by atoms with Gasteiger partial charge < -0.3 is 29.6 Å². The fourth-order valence-corrected chi connectivity index (χ4v) is 20.3. The minimum Gasteiger partial charge on any atom is -0.462 e. The zero-order valence-corrected chi connectivity index (χ0v) is 50.9. The molecule has 8 unspecified atom stereocenters. The average molecular weight is 1120 g/mol. The third-order valence-electron chi connectivity index (χ3n) is 24.3. The van der Waals surface area contributed by atoms with Gasteiger partial charge in [-0.05, 0) is 160 Å². The van der Waals surface area contributed by atoms with Gasteiger partial charge in [-0.3, -0.25) is 28.8 Å². The molecule has 0 aromatic heterocycles. The standard InChI is InChI=1S/C64H102N2O14/c1-13-15-29-65-55(71)23-17-37(3)45-19-21-47-57-49(33-53(61(45,47)11)75-41(7)69)59(9)25-27-63(35-43(59)31-51(57)73-39(5)67)77-79-64(80-78-63)28-26-60(10)44(36-64)32-52(74-40(6)68)58-48-22-20-46(38(4)18-24-56(72)66-30-16-14-2)62(48,12)54(34-50(58)60)76-42(8)70/h37-38,43-54,57-58H,13-36H2,1-12H3,(H,65,71)(H,66,72)/t37?,38?,43-,44-,45+,46+,47?,48?,49?,50?,51+,52+,53-,54-,57?,58?,59-,60-,61+,62+,63?,64?/m0/s1. The third-order valence-corrected chi connectivity index (χ3v) is 24.3. The number of amides is 2. The maximum atomic E-state index is 13.1. The van der Waals surface area contributed by atoms with Gasteiger partial charge in [0.2, 0.25) is 23.4 Å². The van der Waals surface area contributed by atoms with Gasteiger partial charge in [0.25, 0.3) is 0 Å². The van der Waals surface area contributed by atoms with Crippen molar-refractivity contribution in [2.24, 2.45) is 92.7 Å². The van der Waals surface area contributed by atoms with Crippen LogP contribution in [0.3, 0.4) is 0 Å². The number of hydrogen-bond acceptors (Lipinski definition) is 14. The number of carbonyl (C=O) groups excluding carboxylic acids is 6. The van der Waals surface area contributed by atoms with Crippen molar-refractivity contribution in [2.45, 2.75) is 260 Å². The van der Waals surface area contributed by atoms with E-state index in [1.54, 1.807) is 0 Å². The molecule has 2 amide bonds. The van der Waals surface area contributed by atoms with Crippen LogP contribution in [0.5, 0.6) is 0 Å². The number of hydrogen-bond donors (Lipinski definition) is 2. The Kier molecular flexibility index (Phi) is 18.3. The van der Waals surface area contributed by atoms with Crippen molar-refractivity contribution in [2.75, 3.05) is 13.1 Å². The Morgan fingerprint density at radius 1 is 0.500 bits per heavy atom. The van der Waals surface area contributed by atoms with Crippen molar-refractivity contribution in [1.29, 1.82) is 0 Å². The maximum Gasteiger partial charge on any atom is 0.302 e. The molecule has 8 saturated carbocycles. The quantitative estimate of drug-likeness (QED) is 0.0568. The summed E-state index contributed by atoms with van der Waals surface area (Å²) in [4.78, 5) is 105. The Morgan fingerprint density at radius 2 is 0.863 bits per heavy atom. The van der Waals surface area contributed by atoms with Gasteiger partial charge in [-0.25, -0.2) is 0 Å². The summed E-state index contributed by atoms with van der Waals surface area (Å²) in [6.45, 7) is 25.5. The molecular weight excluding hydrogens is 1020 g/mol. The van der Waals surface area contributed by atoms with Gasteiger partial charge in [0.1, 0.15) is 24.4 Å². The first-order chi connectivity index (χ1) is 37.9. The van der Waals surface area contributed by atoms with Crippen molar-refractivity contribution in [1.82, 2.24) is 10.6 Å². The molecule has 452 valence electrons. The van der Waals surface area contributed by atoms with E-state index in [4.69, 9.17) is 38.5 Å². The lowest BCUT2D eigenvalue weighted by Crippen LogP contribution is -2.66. The van der Waals surface area contributed by atoms with Crippen LogP contribution in [0.25, 0.3) is 0 Å². The Balaban J connectivity index is 0.903. The fraction of sp³-hybridized carbons (Fsp3) is 0.906. The van der Waals surface area contributed by atoms with Crippen LogP contribution in [-0.4, -0.2) is 84.8 Å². The van der Waals surface area contributed by atoms with Crippen molar-refractivity contribution in [3.8, 4) is 0 Å². The molecule has 80 heavy (non-hydrogen) atoms. The molecular formula is C64H102N2O14. The van der Waals surface area contributed by atoms with E-state index >= 15 is 0 Å². The molecule has 9 rings (SSSR count). The summed E-state index contributed by atoms with van der Waals surface area (Å²) >= 11 is 0. The highest BCUT2D eigenvalue weighted by Gasteiger charge is 2.72. The maximum absolute atomic E-state index is 13.1. The highest BCUT2D eigenvalue weighted by molar-refractivity contribution is 5.76. The molecule has 8 aliphatic carbocycles. The number of esters is 4. The van der Waals surface area contributed by atoms with Crippen LogP contribution in [-0.2, 0) is 67.3 Å². The van der Waals surface area contributed by atoms with E-state index in [1.807, 2.05) is 0 Å². The summed E-state index contributed by atoms with van der Waals surface area (Å²) in [7, 11) is 0. The summed E-state index contributed by atoms with van der Waals surface area (Å²) in [5.74, 6) is -1.94. The van der Waals surface area contributed by atoms with Crippen LogP contribution in [0.1, 0.15) is 224 Å². The van der Waals surface area contributed by atoms with E-state index in [2.05, 4.69) is 66.0 Å². The van der Waals surface area contributed by atoms with Crippen LogP contribution in [0.2, 0.25) is 0 Å². The lowest BCUT2D eigenvalue weighted by Gasteiger charge is -2.66. The SMILES string of the molecule is CCCCNC(=O)CCC(C)[C@H]1CCC2C3C(C[C@H](OC(C)=O)[C@@]21C)[C@@]1(C)CCC2(C[C@@H]1C[C@H]3OC(C)=O)OOC1(CC[C@]3(C)C4C[C@H](OC(C)=O)[C@@]5(C)C(CC[C@@H]5C(C)CCC(=O)NCCCC)C4[C@H](OC(C)=O)C[C@H]3C1)OO2. The molecule has 1 saturated heterocycles. The molecule has 20 atom stereocenters. The van der Waals surface area contributed by atoms with Crippen LogP contribution in [0, 0.1) is 92.7 Å². The van der Waals surface area contributed by atoms with Crippen LogP contribution < -0.4 is 10.6 Å². The molecule has 2 N–H and O–H groups in total. The second-order valence-electron chi connectivity index (χ2n) is 28.5. The van der Waals surface area contributed by atoms with Crippen LogP contribution in [0.15, 0.2) is 0 Å². The van der Waals surface area contributed by atoms with E-state index in [9.17, 15) is 28.8 Å². The van der Waals surface area contributed by atoms with Crippen molar-refractivity contribution in [3.05, 3.63) is 0 Å². The Bertz CT molecular complexity index is 2110. The molecule has 16 heteroatoms. The zero-order valence-electron chi connectivity index (χ0n) is 50.9. The Morgan fingerprint density at radius 3 is 1.20 bits per heavy atom. The topological polar surface area (TPSA) is 200 Å². The number of carbonyl (C=O) groups is 6. The second kappa shape index (κ2) is 24.0. The number of fused-ring (bicyclic) bond motifs is 10. The number of ether oxygens (including phenoxy) is 4. The fourth-order valence-electron chi connectivity index (χ4n) is 20.3. The second-order valence-corrected chi connectivity index (χ2v) is 28.5. The molecule has 9 aliphatic rings. The predicted octanol–water partition coefficient (Wildman–Crippen LogP) is 11.4. The molecule has 9 fully saturated rings. The molecule has 0 aromatic carbocycles. The Labute approximate surface area is 478 Å². The Hall–Kier alpha value is -3.34. The van der Waals surface area contributed by atoms with E-state index in [1.165, 1.54) is 27.7 Å². The number of unbranched alkanes of at least 4 members (excludes halogenated alkanes) is 2. The smallest absolute Gasteiger partial charge is 0.302 e. The van der Waals surface area contributed by atoms with Gasteiger partial charge in [0.15, 0.2) is 0 Å². The van der Waals surface area contributed by atoms with Crippen LogP contribution in [0.4, 0.5) is 0 Å². The van der Waals surface area contributed by atoms with Gasteiger partial charge in [-0.2, -0.15) is 19.6 Å². The lowest BCUT2D eigenvalue weighted by atomic mass is 9.42. The van der Waals surface area contributed by atoms with Gasteiger partial charge in [-0.15, -0.1) is 0 Å². The molecule has 0 aromatic rings. The molecule has 16 nitrogen and oxygen atoms in total. The molecule has 1 aliphatic heterocycles. The first kappa shape index (κ1) is 61.2. The van der Waals surface area contributed by atoms with E-state index < -0.39 is 11.6 Å². The summed E-state index contributed by atoms with van der Waals surface area (Å²) in [5, 5.41) is 6.17. The first-order valence-corrected chi connectivity index (χ1v) is 31.8. The minimum atomic E-state index is -1.20. The third kappa shape index (κ3) is 11.4. The highest BCUT2D eigenvalue weighted by atomic mass is 17.4. The monoisotopic (exact) mass is 1120 g/mol. The summed E-state index contributed by atoms with van der Waals surface area (Å²) in [6, 6.07) is 0. The van der Waals surface area contributed by atoms with Crippen LogP contribution >= 0.6 is 0 Å². The van der Waals surface area contributed by atoms with Gasteiger partial charge in [0, 0.05) is 102 Å². The predicted molar refractivity (Wildman–Crippen MR) is 297 cm³/mol. The highest BCUT2D eigenvalue weighted by Crippen LogP contribution is 2.73. The molecule has 2 spiro atoms. The lowest BCUT2D eigenvalue weighted by molar-refractivity contribution is -0.667. The summed E-state index contributed by atoms with van der Waals surface area (Å²) in [5.41, 5.74) is -1.19. The van der Waals surface area contributed by atoms with Gasteiger partial charge in [-0.1, -0.05) is 68.2 Å². The molecule has 1 heterocycles. The minimum absolute atomic E-state index is 0.00225. The van der Waals surface area contributed by atoms with E-state index in [-0.39, 0.29) is 153 Å². The van der Waals surface area contributed by atoms with Gasteiger partial charge >= 0.3 is 23.9 Å². The molecule has 0 bridgehead atoms. The van der Waals surface area contributed by atoms with Gasteiger partial charge in [0.05, 0.1) is 0 Å². The van der Waals surface area contributed by atoms with E-state index in [0.29, 0.717) is 77.3 Å².